The maximum atomic E-state index is 13.2. The lowest BCUT2D eigenvalue weighted by Gasteiger charge is -2.39. The van der Waals surface area contributed by atoms with Crippen LogP contribution in [-0.4, -0.2) is 52.6 Å². The van der Waals surface area contributed by atoms with Gasteiger partial charge in [-0.3, -0.25) is 4.79 Å². The lowest BCUT2D eigenvalue weighted by Crippen LogP contribution is -2.49. The number of piperidine rings is 1. The van der Waals surface area contributed by atoms with Crippen molar-refractivity contribution in [1.29, 1.82) is 0 Å². The van der Waals surface area contributed by atoms with Crippen molar-refractivity contribution in [2.24, 2.45) is 5.92 Å². The highest BCUT2D eigenvalue weighted by Gasteiger charge is 2.41. The van der Waals surface area contributed by atoms with E-state index < -0.39 is 5.60 Å². The van der Waals surface area contributed by atoms with Crippen LogP contribution in [0.25, 0.3) is 0 Å². The highest BCUT2D eigenvalue weighted by Crippen LogP contribution is 2.36. The quantitative estimate of drug-likeness (QED) is 0.774. The number of ether oxygens (including phenoxy) is 1. The number of carbonyl (C=O) groups is 2. The molecular formula is C20H34N2O3. The molecule has 3 fully saturated rings. The van der Waals surface area contributed by atoms with E-state index in [0.717, 1.165) is 12.8 Å². The molecule has 0 radical (unpaired) electrons. The molecule has 5 heteroatoms. The summed E-state index contributed by atoms with van der Waals surface area (Å²) in [5, 5.41) is 0. The molecule has 0 atom stereocenters. The third-order valence-electron chi connectivity index (χ3n) is 5.66. The zero-order valence-corrected chi connectivity index (χ0v) is 16.1. The van der Waals surface area contributed by atoms with E-state index in [1.807, 2.05) is 20.8 Å². The SMILES string of the molecule is CC(C)(C)OC(=O)N1CCC(C(=O)N(C2CCCCC2)C2CC2)CC1. The van der Waals surface area contributed by atoms with E-state index in [2.05, 4.69) is 4.90 Å². The van der Waals surface area contributed by atoms with Gasteiger partial charge in [-0.15, -0.1) is 0 Å². The smallest absolute Gasteiger partial charge is 0.410 e. The number of nitrogens with zero attached hydrogens (tertiary/aromatic N) is 2. The van der Waals surface area contributed by atoms with Gasteiger partial charge in [0.25, 0.3) is 0 Å². The monoisotopic (exact) mass is 350 g/mol. The standard InChI is InChI=1S/C20H34N2O3/c1-20(2,3)25-19(24)21-13-11-15(12-14-21)18(23)22(17-9-10-17)16-7-5-4-6-8-16/h15-17H,4-14H2,1-3H3. The van der Waals surface area contributed by atoms with E-state index in [0.29, 0.717) is 31.1 Å². The van der Waals surface area contributed by atoms with Gasteiger partial charge in [-0.2, -0.15) is 0 Å². The van der Waals surface area contributed by atoms with E-state index in [1.54, 1.807) is 4.90 Å². The number of carbonyl (C=O) groups excluding carboxylic acids is 2. The van der Waals surface area contributed by atoms with E-state index >= 15 is 0 Å². The van der Waals surface area contributed by atoms with Crippen molar-refractivity contribution in [2.75, 3.05) is 13.1 Å². The molecule has 0 N–H and O–H groups in total. The summed E-state index contributed by atoms with van der Waals surface area (Å²) in [6.45, 7) is 6.93. The lowest BCUT2D eigenvalue weighted by atomic mass is 9.90. The summed E-state index contributed by atoms with van der Waals surface area (Å²) in [6, 6.07) is 0.970. The molecule has 0 bridgehead atoms. The molecule has 3 rings (SSSR count). The van der Waals surface area contributed by atoms with Crippen molar-refractivity contribution >= 4 is 12.0 Å². The molecule has 2 amide bonds. The van der Waals surface area contributed by atoms with Crippen molar-refractivity contribution in [3.05, 3.63) is 0 Å². The van der Waals surface area contributed by atoms with Gasteiger partial charge in [0.1, 0.15) is 5.60 Å². The Balaban J connectivity index is 1.54. The second-order valence-corrected chi connectivity index (χ2v) is 9.01. The molecule has 2 aliphatic carbocycles. The lowest BCUT2D eigenvalue weighted by molar-refractivity contribution is -0.141. The molecule has 1 heterocycles. The Hall–Kier alpha value is -1.26. The number of hydrogen-bond acceptors (Lipinski definition) is 3. The van der Waals surface area contributed by atoms with Crippen LogP contribution >= 0.6 is 0 Å². The molecule has 2 saturated carbocycles. The first-order valence-electron chi connectivity index (χ1n) is 10.2. The van der Waals surface area contributed by atoms with Crippen LogP contribution in [0.4, 0.5) is 4.79 Å². The van der Waals surface area contributed by atoms with Gasteiger partial charge >= 0.3 is 6.09 Å². The predicted octanol–water partition coefficient (Wildman–Crippen LogP) is 3.96. The summed E-state index contributed by atoms with van der Waals surface area (Å²) < 4.78 is 5.46. The molecule has 142 valence electrons. The van der Waals surface area contributed by atoms with Gasteiger partial charge in [-0.25, -0.2) is 4.79 Å². The fourth-order valence-electron chi connectivity index (χ4n) is 4.22. The first-order chi connectivity index (χ1) is 11.8. The van der Waals surface area contributed by atoms with Gasteiger partial charge < -0.3 is 14.5 Å². The van der Waals surface area contributed by atoms with Gasteiger partial charge in [0.15, 0.2) is 0 Å². The van der Waals surface area contributed by atoms with E-state index in [1.165, 1.54) is 44.9 Å². The van der Waals surface area contributed by atoms with Crippen molar-refractivity contribution in [2.45, 2.75) is 96.2 Å². The van der Waals surface area contributed by atoms with Crippen molar-refractivity contribution in [3.63, 3.8) is 0 Å². The zero-order valence-electron chi connectivity index (χ0n) is 16.1. The molecule has 0 unspecified atom stereocenters. The summed E-state index contributed by atoms with van der Waals surface area (Å²) in [7, 11) is 0. The summed E-state index contributed by atoms with van der Waals surface area (Å²) in [4.78, 5) is 29.4. The number of amides is 2. The van der Waals surface area contributed by atoms with Crippen molar-refractivity contribution in [3.8, 4) is 0 Å². The Labute approximate surface area is 152 Å². The Morgan fingerprint density at radius 2 is 1.44 bits per heavy atom. The molecule has 5 nitrogen and oxygen atoms in total. The van der Waals surface area contributed by atoms with Gasteiger partial charge in [0.05, 0.1) is 0 Å². The second-order valence-electron chi connectivity index (χ2n) is 9.01. The van der Waals surface area contributed by atoms with Crippen LogP contribution < -0.4 is 0 Å². The van der Waals surface area contributed by atoms with Crippen molar-refractivity contribution < 1.29 is 14.3 Å². The average molecular weight is 351 g/mol. The van der Waals surface area contributed by atoms with Crippen molar-refractivity contribution in [1.82, 2.24) is 9.80 Å². The van der Waals surface area contributed by atoms with Gasteiger partial charge in [-0.05, 0) is 59.3 Å². The Kier molecular flexibility index (Phi) is 5.59. The van der Waals surface area contributed by atoms with Crippen LogP contribution in [0, 0.1) is 5.92 Å². The Morgan fingerprint density at radius 3 is 1.96 bits per heavy atom. The predicted molar refractivity (Wildman–Crippen MR) is 97.3 cm³/mol. The maximum Gasteiger partial charge on any atom is 0.410 e. The Bertz CT molecular complexity index is 482. The molecule has 1 saturated heterocycles. The van der Waals surface area contributed by atoms with Gasteiger partial charge in [-0.1, -0.05) is 19.3 Å². The molecular weight excluding hydrogens is 316 g/mol. The highest BCUT2D eigenvalue weighted by molar-refractivity contribution is 5.80. The molecule has 3 aliphatic rings. The third-order valence-corrected chi connectivity index (χ3v) is 5.66. The van der Waals surface area contributed by atoms with Crippen LogP contribution in [0.3, 0.4) is 0 Å². The first kappa shape index (κ1) is 18.5. The van der Waals surface area contributed by atoms with E-state index in [-0.39, 0.29) is 12.0 Å². The number of hydrogen-bond donors (Lipinski definition) is 0. The largest absolute Gasteiger partial charge is 0.444 e. The van der Waals surface area contributed by atoms with Gasteiger partial charge in [0, 0.05) is 31.1 Å². The molecule has 0 aromatic rings. The van der Waals surface area contributed by atoms with E-state index in [4.69, 9.17) is 4.74 Å². The normalized spacial score (nSPS) is 23.4. The minimum absolute atomic E-state index is 0.0845. The fraction of sp³-hybridized carbons (Fsp3) is 0.900. The molecule has 0 aromatic carbocycles. The number of rotatable bonds is 3. The average Bonchev–Trinajstić information content (AvgIpc) is 3.39. The summed E-state index contributed by atoms with van der Waals surface area (Å²) in [6.07, 6.45) is 9.86. The van der Waals surface area contributed by atoms with Crippen LogP contribution in [0.5, 0.6) is 0 Å². The molecule has 25 heavy (non-hydrogen) atoms. The summed E-state index contributed by atoms with van der Waals surface area (Å²) in [5.41, 5.74) is -0.465. The minimum atomic E-state index is -0.465. The summed E-state index contributed by atoms with van der Waals surface area (Å²) >= 11 is 0. The fourth-order valence-corrected chi connectivity index (χ4v) is 4.22. The zero-order chi connectivity index (χ0) is 18.0. The molecule has 0 aromatic heterocycles. The van der Waals surface area contributed by atoms with Crippen LogP contribution in [-0.2, 0) is 9.53 Å². The van der Waals surface area contributed by atoms with Crippen LogP contribution in [0.2, 0.25) is 0 Å². The third kappa shape index (κ3) is 4.89. The van der Waals surface area contributed by atoms with E-state index in [9.17, 15) is 9.59 Å². The van der Waals surface area contributed by atoms with Crippen LogP contribution in [0.1, 0.15) is 78.6 Å². The molecule has 0 spiro atoms. The summed E-state index contributed by atoms with van der Waals surface area (Å²) in [5.74, 6) is 0.444. The topological polar surface area (TPSA) is 49.9 Å². The Morgan fingerprint density at radius 1 is 0.880 bits per heavy atom. The van der Waals surface area contributed by atoms with Crippen LogP contribution in [0.15, 0.2) is 0 Å². The first-order valence-corrected chi connectivity index (χ1v) is 10.2. The highest BCUT2D eigenvalue weighted by atomic mass is 16.6. The maximum absolute atomic E-state index is 13.2. The second kappa shape index (κ2) is 7.55. The number of likely N-dealkylation sites (tertiary alicyclic amines) is 1. The molecule has 1 aliphatic heterocycles. The van der Waals surface area contributed by atoms with Gasteiger partial charge in [0.2, 0.25) is 5.91 Å². The minimum Gasteiger partial charge on any atom is -0.444 e.